The first-order chi connectivity index (χ1) is 15.3. The molecule has 2 aromatic rings. The highest BCUT2D eigenvalue weighted by molar-refractivity contribution is 5.65. The molecular weight excluding hydrogens is 407 g/mol. The van der Waals surface area contributed by atoms with E-state index in [1.54, 1.807) is 17.2 Å². The molecule has 2 N–H and O–H groups in total. The molecule has 1 saturated heterocycles. The van der Waals surface area contributed by atoms with E-state index < -0.39 is 12.3 Å². The molecule has 3 heterocycles. The summed E-state index contributed by atoms with van der Waals surface area (Å²) in [5.41, 5.74) is 3.16. The second-order valence-electron chi connectivity index (χ2n) is 7.92. The van der Waals surface area contributed by atoms with Gasteiger partial charge in [0.05, 0.1) is 12.6 Å². The van der Waals surface area contributed by atoms with Crippen LogP contribution < -0.4 is 15.1 Å². The molecule has 176 valence electrons. The van der Waals surface area contributed by atoms with Crippen molar-refractivity contribution in [3.05, 3.63) is 42.4 Å². The molecule has 1 aliphatic heterocycles. The standard InChI is InChI=1S/C22H31FN6O.C2H6/c1-6-16(5)29(14(2)3)18-11-21(25-12-15(18)4)26-20-7-9-24-22(27-20)28-10-8-19(30)17(23)13-28;1-2/h7,9,11-12,14,17,19,30H,5-6,8,10,13H2,1-4H3,(H,24,25,26,27);1-2H3. The number of hydrogen-bond acceptors (Lipinski definition) is 7. The Bertz CT molecular complexity index is 891. The normalized spacial score (nSPS) is 18.1. The molecule has 2 atom stereocenters. The number of halogens is 1. The van der Waals surface area contributed by atoms with Gasteiger partial charge in [-0.25, -0.2) is 14.4 Å². The number of nitrogens with zero attached hydrogens (tertiary/aromatic N) is 5. The van der Waals surface area contributed by atoms with Crippen molar-refractivity contribution in [2.45, 2.75) is 72.7 Å². The van der Waals surface area contributed by atoms with E-state index >= 15 is 0 Å². The molecule has 8 heteroatoms. The number of piperidine rings is 1. The van der Waals surface area contributed by atoms with Crippen LogP contribution in [-0.2, 0) is 0 Å². The molecular formula is C24H37FN6O. The second kappa shape index (κ2) is 11.8. The molecule has 0 aromatic carbocycles. The Hall–Kier alpha value is -2.74. The Morgan fingerprint density at radius 3 is 2.69 bits per heavy atom. The molecule has 2 aromatic heterocycles. The van der Waals surface area contributed by atoms with Crippen molar-refractivity contribution in [3.63, 3.8) is 0 Å². The van der Waals surface area contributed by atoms with Crippen molar-refractivity contribution in [3.8, 4) is 0 Å². The number of pyridine rings is 1. The fourth-order valence-corrected chi connectivity index (χ4v) is 3.60. The zero-order chi connectivity index (χ0) is 23.8. The summed E-state index contributed by atoms with van der Waals surface area (Å²) in [6.45, 7) is 17.2. The molecule has 0 aliphatic carbocycles. The molecule has 0 radical (unpaired) electrons. The van der Waals surface area contributed by atoms with Crippen molar-refractivity contribution < 1.29 is 9.50 Å². The van der Waals surface area contributed by atoms with Crippen LogP contribution in [0, 0.1) is 6.92 Å². The summed E-state index contributed by atoms with van der Waals surface area (Å²) >= 11 is 0. The molecule has 0 bridgehead atoms. The van der Waals surface area contributed by atoms with Crippen LogP contribution in [0.15, 0.2) is 36.8 Å². The van der Waals surface area contributed by atoms with Gasteiger partial charge in [0.25, 0.3) is 0 Å². The first kappa shape index (κ1) is 25.5. The lowest BCUT2D eigenvalue weighted by atomic mass is 10.1. The van der Waals surface area contributed by atoms with Gasteiger partial charge in [-0.3, -0.25) is 0 Å². The Morgan fingerprint density at radius 1 is 1.34 bits per heavy atom. The molecule has 1 fully saturated rings. The third-order valence-electron chi connectivity index (χ3n) is 5.29. The molecule has 0 spiro atoms. The second-order valence-corrected chi connectivity index (χ2v) is 7.92. The first-order valence-electron chi connectivity index (χ1n) is 11.4. The highest BCUT2D eigenvalue weighted by Gasteiger charge is 2.28. The first-order valence-corrected chi connectivity index (χ1v) is 11.4. The van der Waals surface area contributed by atoms with Gasteiger partial charge in [0, 0.05) is 42.4 Å². The third-order valence-corrected chi connectivity index (χ3v) is 5.29. The smallest absolute Gasteiger partial charge is 0.227 e. The zero-order valence-electron chi connectivity index (χ0n) is 20.1. The van der Waals surface area contributed by atoms with Gasteiger partial charge in [0.15, 0.2) is 0 Å². The molecule has 7 nitrogen and oxygen atoms in total. The predicted octanol–water partition coefficient (Wildman–Crippen LogP) is 5.00. The summed E-state index contributed by atoms with van der Waals surface area (Å²) in [4.78, 5) is 17.2. The minimum atomic E-state index is -1.30. The molecule has 1 aliphatic rings. The van der Waals surface area contributed by atoms with Crippen LogP contribution in [-0.4, -0.2) is 51.5 Å². The largest absolute Gasteiger partial charge is 0.390 e. The van der Waals surface area contributed by atoms with Gasteiger partial charge in [-0.2, -0.15) is 4.98 Å². The van der Waals surface area contributed by atoms with Crippen LogP contribution in [0.3, 0.4) is 0 Å². The van der Waals surface area contributed by atoms with Gasteiger partial charge >= 0.3 is 0 Å². The van der Waals surface area contributed by atoms with Crippen molar-refractivity contribution in [1.82, 2.24) is 15.0 Å². The van der Waals surface area contributed by atoms with E-state index in [0.717, 1.165) is 23.4 Å². The summed E-state index contributed by atoms with van der Waals surface area (Å²) in [7, 11) is 0. The fraction of sp³-hybridized carbons (Fsp3) is 0.542. The summed E-state index contributed by atoms with van der Waals surface area (Å²) in [5, 5.41) is 12.8. The zero-order valence-corrected chi connectivity index (χ0v) is 20.1. The van der Waals surface area contributed by atoms with E-state index in [4.69, 9.17) is 0 Å². The maximum atomic E-state index is 13.9. The Balaban J connectivity index is 0.00000176. The maximum Gasteiger partial charge on any atom is 0.227 e. The Morgan fingerprint density at radius 2 is 2.06 bits per heavy atom. The number of aromatic nitrogens is 3. The number of alkyl halides is 1. The highest BCUT2D eigenvalue weighted by Crippen LogP contribution is 2.29. The molecule has 3 rings (SSSR count). The van der Waals surface area contributed by atoms with Crippen LogP contribution in [0.5, 0.6) is 0 Å². The average molecular weight is 445 g/mol. The van der Waals surface area contributed by atoms with Crippen LogP contribution in [0.4, 0.5) is 27.7 Å². The van der Waals surface area contributed by atoms with E-state index in [1.165, 1.54) is 0 Å². The number of hydrogen-bond donors (Lipinski definition) is 2. The van der Waals surface area contributed by atoms with Crippen molar-refractivity contribution in [2.75, 3.05) is 28.2 Å². The van der Waals surface area contributed by atoms with Crippen LogP contribution >= 0.6 is 0 Å². The van der Waals surface area contributed by atoms with Gasteiger partial charge < -0.3 is 20.2 Å². The average Bonchev–Trinajstić information content (AvgIpc) is 2.79. The van der Waals surface area contributed by atoms with E-state index in [0.29, 0.717) is 30.5 Å². The van der Waals surface area contributed by atoms with Gasteiger partial charge in [0.1, 0.15) is 17.8 Å². The lowest BCUT2D eigenvalue weighted by Crippen LogP contribution is -2.45. The van der Waals surface area contributed by atoms with E-state index in [1.807, 2.05) is 33.0 Å². The van der Waals surface area contributed by atoms with E-state index in [9.17, 15) is 9.50 Å². The Kier molecular flexibility index (Phi) is 9.38. The van der Waals surface area contributed by atoms with Gasteiger partial charge in [0.2, 0.25) is 5.95 Å². The molecule has 32 heavy (non-hydrogen) atoms. The van der Waals surface area contributed by atoms with Crippen molar-refractivity contribution in [1.29, 1.82) is 0 Å². The van der Waals surface area contributed by atoms with Crippen LogP contribution in [0.1, 0.15) is 53.0 Å². The van der Waals surface area contributed by atoms with Crippen LogP contribution in [0.25, 0.3) is 0 Å². The molecule has 0 amide bonds. The summed E-state index contributed by atoms with van der Waals surface area (Å²) in [6.07, 6.45) is 2.47. The minimum Gasteiger partial charge on any atom is -0.390 e. The van der Waals surface area contributed by atoms with Crippen LogP contribution in [0.2, 0.25) is 0 Å². The highest BCUT2D eigenvalue weighted by atomic mass is 19.1. The third kappa shape index (κ3) is 6.16. The fourth-order valence-electron chi connectivity index (χ4n) is 3.60. The van der Waals surface area contributed by atoms with Gasteiger partial charge in [-0.05, 0) is 45.2 Å². The van der Waals surface area contributed by atoms with Gasteiger partial charge in [-0.15, -0.1) is 0 Å². The summed E-state index contributed by atoms with van der Waals surface area (Å²) in [5.74, 6) is 1.67. The number of aryl methyl sites for hydroxylation is 1. The topological polar surface area (TPSA) is 77.4 Å². The monoisotopic (exact) mass is 444 g/mol. The SMILES string of the molecule is C=C(CC)N(c1cc(Nc2ccnc(N3CCC(O)C(F)C3)n2)ncc1C)C(C)C.CC. The van der Waals surface area contributed by atoms with Crippen molar-refractivity contribution in [2.24, 2.45) is 0 Å². The summed E-state index contributed by atoms with van der Waals surface area (Å²) in [6, 6.07) is 4.01. The maximum absolute atomic E-state index is 13.9. The van der Waals surface area contributed by atoms with Gasteiger partial charge in [-0.1, -0.05) is 27.4 Å². The lowest BCUT2D eigenvalue weighted by Gasteiger charge is -2.32. The van der Waals surface area contributed by atoms with Crippen molar-refractivity contribution >= 4 is 23.3 Å². The summed E-state index contributed by atoms with van der Waals surface area (Å²) < 4.78 is 13.9. The number of aliphatic hydroxyl groups is 1. The number of rotatable bonds is 7. The lowest BCUT2D eigenvalue weighted by molar-refractivity contribution is 0.0612. The number of aliphatic hydroxyl groups excluding tert-OH is 1. The number of anilines is 4. The number of nitrogens with one attached hydrogen (secondary N) is 1. The predicted molar refractivity (Wildman–Crippen MR) is 130 cm³/mol. The van der Waals surface area contributed by atoms with E-state index in [-0.39, 0.29) is 12.6 Å². The quantitative estimate of drug-likeness (QED) is 0.622. The Labute approximate surface area is 191 Å². The minimum absolute atomic E-state index is 0.0834. The molecule has 2 unspecified atom stereocenters. The molecule has 0 saturated carbocycles. The number of allylic oxidation sites excluding steroid dienone is 1. The van der Waals surface area contributed by atoms with E-state index in [2.05, 4.69) is 52.5 Å².